The molecular formula is C14H18ClN5O3. The molecule has 3 N–H and O–H groups in total. The van der Waals surface area contributed by atoms with E-state index in [2.05, 4.69) is 20.4 Å². The highest BCUT2D eigenvalue weighted by Gasteiger charge is 2.38. The molecule has 124 valence electrons. The molecule has 2 aromatic rings. The fourth-order valence-electron chi connectivity index (χ4n) is 3.29. The minimum absolute atomic E-state index is 0.0745. The molecule has 1 aliphatic heterocycles. The van der Waals surface area contributed by atoms with Crippen molar-refractivity contribution in [3.8, 4) is 0 Å². The minimum atomic E-state index is -1.02. The number of aromatic nitrogens is 4. The number of hydrogen-bond donors (Lipinski definition) is 3. The van der Waals surface area contributed by atoms with Gasteiger partial charge in [0, 0.05) is 6.04 Å². The Morgan fingerprint density at radius 3 is 2.78 bits per heavy atom. The van der Waals surface area contributed by atoms with Crippen LogP contribution >= 0.6 is 11.6 Å². The molecule has 3 unspecified atom stereocenters. The molecule has 8 nitrogen and oxygen atoms in total. The molecule has 0 spiro atoms. The Hall–Kier alpha value is -1.48. The zero-order chi connectivity index (χ0) is 16.0. The van der Waals surface area contributed by atoms with Crippen LogP contribution in [0.2, 0.25) is 5.28 Å². The van der Waals surface area contributed by atoms with Gasteiger partial charge in [-0.05, 0) is 24.4 Å². The van der Waals surface area contributed by atoms with Gasteiger partial charge in [-0.2, -0.15) is 4.98 Å². The number of hydrogen-bond acceptors (Lipinski definition) is 7. The summed E-state index contributed by atoms with van der Waals surface area (Å²) in [4.78, 5) is 8.60. The largest absolute Gasteiger partial charge is 0.388 e. The zero-order valence-electron chi connectivity index (χ0n) is 12.4. The monoisotopic (exact) mass is 339 g/mol. The van der Waals surface area contributed by atoms with Gasteiger partial charge in [-0.1, -0.05) is 12.8 Å². The summed E-state index contributed by atoms with van der Waals surface area (Å²) < 4.78 is 6.98. The number of halogens is 1. The van der Waals surface area contributed by atoms with Crippen LogP contribution in [0.3, 0.4) is 0 Å². The summed E-state index contributed by atoms with van der Waals surface area (Å²) in [7, 11) is 0. The molecule has 9 heteroatoms. The van der Waals surface area contributed by atoms with Crippen molar-refractivity contribution in [2.45, 2.75) is 50.0 Å². The molecule has 2 aliphatic rings. The van der Waals surface area contributed by atoms with Crippen LogP contribution in [0.5, 0.6) is 0 Å². The third kappa shape index (κ3) is 2.65. The maximum Gasteiger partial charge on any atom is 0.243 e. The molecule has 3 heterocycles. The highest BCUT2D eigenvalue weighted by molar-refractivity contribution is 6.28. The molecule has 1 saturated carbocycles. The molecule has 2 aromatic heterocycles. The van der Waals surface area contributed by atoms with E-state index in [0.29, 0.717) is 23.2 Å². The van der Waals surface area contributed by atoms with E-state index in [-0.39, 0.29) is 11.9 Å². The van der Waals surface area contributed by atoms with Crippen LogP contribution < -0.4 is 5.32 Å². The molecule has 1 aliphatic carbocycles. The third-order valence-corrected chi connectivity index (χ3v) is 4.66. The predicted octanol–water partition coefficient (Wildman–Crippen LogP) is 0.925. The number of anilines is 1. The molecule has 4 rings (SSSR count). The van der Waals surface area contributed by atoms with Crippen LogP contribution in [0.1, 0.15) is 37.5 Å². The number of nitrogens with one attached hydrogen (secondary N) is 1. The van der Waals surface area contributed by atoms with Crippen LogP contribution in [-0.4, -0.2) is 54.7 Å². The third-order valence-electron chi connectivity index (χ3n) is 4.50. The summed E-state index contributed by atoms with van der Waals surface area (Å²) in [5, 5.41) is 27.3. The molecule has 0 amide bonds. The van der Waals surface area contributed by atoms with Crippen molar-refractivity contribution in [1.82, 2.24) is 19.6 Å². The van der Waals surface area contributed by atoms with E-state index < -0.39 is 18.3 Å². The van der Waals surface area contributed by atoms with E-state index in [1.807, 2.05) is 0 Å². The lowest BCUT2D eigenvalue weighted by atomic mass is 10.1. The van der Waals surface area contributed by atoms with E-state index in [0.717, 1.165) is 12.8 Å². The van der Waals surface area contributed by atoms with Gasteiger partial charge in [-0.15, -0.1) is 5.10 Å². The van der Waals surface area contributed by atoms with Gasteiger partial charge in [0.15, 0.2) is 11.5 Å². The first-order valence-corrected chi connectivity index (χ1v) is 8.16. The van der Waals surface area contributed by atoms with Crippen molar-refractivity contribution in [3.05, 3.63) is 17.2 Å². The molecule has 0 bridgehead atoms. The van der Waals surface area contributed by atoms with Gasteiger partial charge in [0.1, 0.15) is 18.3 Å². The quantitative estimate of drug-likeness (QED) is 0.763. The van der Waals surface area contributed by atoms with E-state index in [9.17, 15) is 10.2 Å². The van der Waals surface area contributed by atoms with E-state index in [4.69, 9.17) is 16.3 Å². The van der Waals surface area contributed by atoms with Crippen LogP contribution in [-0.2, 0) is 4.74 Å². The van der Waals surface area contributed by atoms with Gasteiger partial charge in [-0.3, -0.25) is 0 Å². The molecule has 23 heavy (non-hydrogen) atoms. The van der Waals surface area contributed by atoms with Gasteiger partial charge in [0.2, 0.25) is 5.28 Å². The molecule has 1 saturated heterocycles. The Morgan fingerprint density at radius 1 is 1.30 bits per heavy atom. The summed E-state index contributed by atoms with van der Waals surface area (Å²) in [5.41, 5.74) is 1.08. The molecule has 2 fully saturated rings. The smallest absolute Gasteiger partial charge is 0.243 e. The number of aliphatic hydroxyl groups is 2. The second kappa shape index (κ2) is 5.86. The standard InChI is InChI=1S/C14H18ClN5O3/c15-14-18-12(17-7-3-1-2-4-7)13-16-5-8(20(13)19-14)11-10(22)9(21)6-23-11/h5,7,9-11,21-22H,1-4,6H2,(H,17,18,19). The van der Waals surface area contributed by atoms with Crippen LogP contribution in [0.25, 0.3) is 5.65 Å². The number of nitrogens with zero attached hydrogens (tertiary/aromatic N) is 4. The van der Waals surface area contributed by atoms with E-state index >= 15 is 0 Å². The predicted molar refractivity (Wildman–Crippen MR) is 82.4 cm³/mol. The lowest BCUT2D eigenvalue weighted by molar-refractivity contribution is 0.0197. The molecule has 3 atom stereocenters. The van der Waals surface area contributed by atoms with Crippen LogP contribution in [0.15, 0.2) is 6.20 Å². The number of imidazole rings is 1. The number of ether oxygens (including phenoxy) is 1. The highest BCUT2D eigenvalue weighted by Crippen LogP contribution is 2.31. The lowest BCUT2D eigenvalue weighted by Crippen LogP contribution is -2.26. The summed E-state index contributed by atoms with van der Waals surface area (Å²) in [6.07, 6.45) is 3.54. The minimum Gasteiger partial charge on any atom is -0.388 e. The number of aliphatic hydroxyl groups excluding tert-OH is 2. The Bertz CT molecular complexity index is 718. The normalized spacial score (nSPS) is 28.7. The molecule has 0 aromatic carbocycles. The number of fused-ring (bicyclic) bond motifs is 1. The topological polar surface area (TPSA) is 105 Å². The number of rotatable bonds is 3. The first-order valence-electron chi connectivity index (χ1n) is 7.79. The van der Waals surface area contributed by atoms with Gasteiger partial charge in [0.05, 0.1) is 18.5 Å². The van der Waals surface area contributed by atoms with E-state index in [1.54, 1.807) is 6.20 Å². The SMILES string of the molecule is OC1COC(c2cnc3c(NC4CCCC4)nc(Cl)nn23)C1O. The van der Waals surface area contributed by atoms with Crippen molar-refractivity contribution in [2.75, 3.05) is 11.9 Å². The Morgan fingerprint density at radius 2 is 2.09 bits per heavy atom. The van der Waals surface area contributed by atoms with Crippen molar-refractivity contribution in [2.24, 2.45) is 0 Å². The highest BCUT2D eigenvalue weighted by atomic mass is 35.5. The maximum absolute atomic E-state index is 10.0. The Kier molecular flexibility index (Phi) is 3.84. The summed E-state index contributed by atoms with van der Waals surface area (Å²) in [5.74, 6) is 0.580. The Labute approximate surface area is 137 Å². The fourth-order valence-corrected chi connectivity index (χ4v) is 3.45. The first kappa shape index (κ1) is 15.1. The average Bonchev–Trinajstić information content (AvgIpc) is 3.22. The van der Waals surface area contributed by atoms with Crippen molar-refractivity contribution < 1.29 is 14.9 Å². The van der Waals surface area contributed by atoms with Crippen LogP contribution in [0, 0.1) is 0 Å². The van der Waals surface area contributed by atoms with Crippen molar-refractivity contribution in [1.29, 1.82) is 0 Å². The molecular weight excluding hydrogens is 322 g/mol. The van der Waals surface area contributed by atoms with Gasteiger partial charge in [0.25, 0.3) is 0 Å². The summed E-state index contributed by atoms with van der Waals surface area (Å²) >= 11 is 6.05. The maximum atomic E-state index is 10.0. The zero-order valence-corrected chi connectivity index (χ0v) is 13.1. The van der Waals surface area contributed by atoms with Gasteiger partial charge < -0.3 is 20.3 Å². The fraction of sp³-hybridized carbons (Fsp3) is 0.643. The second-order valence-electron chi connectivity index (χ2n) is 6.09. The second-order valence-corrected chi connectivity index (χ2v) is 6.42. The molecule has 0 radical (unpaired) electrons. The van der Waals surface area contributed by atoms with Crippen LogP contribution in [0.4, 0.5) is 5.82 Å². The van der Waals surface area contributed by atoms with Gasteiger partial charge in [-0.25, -0.2) is 9.50 Å². The van der Waals surface area contributed by atoms with Crippen molar-refractivity contribution in [3.63, 3.8) is 0 Å². The Balaban J connectivity index is 1.72. The summed E-state index contributed by atoms with van der Waals surface area (Å²) in [6, 6.07) is 0.361. The van der Waals surface area contributed by atoms with Crippen molar-refractivity contribution >= 4 is 23.1 Å². The summed E-state index contributed by atoms with van der Waals surface area (Å²) in [6.45, 7) is 0.0745. The van der Waals surface area contributed by atoms with Gasteiger partial charge >= 0.3 is 0 Å². The average molecular weight is 340 g/mol. The first-order chi connectivity index (χ1) is 11.1. The van der Waals surface area contributed by atoms with E-state index in [1.165, 1.54) is 17.4 Å². The lowest BCUT2D eigenvalue weighted by Gasteiger charge is -2.15.